The van der Waals surface area contributed by atoms with E-state index in [9.17, 15) is 4.79 Å². The fourth-order valence-electron chi connectivity index (χ4n) is 2.72. The number of hydrogen-bond donors (Lipinski definition) is 1. The predicted octanol–water partition coefficient (Wildman–Crippen LogP) is 4.06. The Morgan fingerprint density at radius 1 is 1.29 bits per heavy atom. The predicted molar refractivity (Wildman–Crippen MR) is 93.7 cm³/mol. The van der Waals surface area contributed by atoms with Gasteiger partial charge in [-0.05, 0) is 44.2 Å². The van der Waals surface area contributed by atoms with Crippen molar-refractivity contribution >= 4 is 17.5 Å². The van der Waals surface area contributed by atoms with Gasteiger partial charge in [-0.25, -0.2) is 0 Å². The minimum atomic E-state index is -0.595. The lowest BCUT2D eigenvalue weighted by atomic mass is 9.98. The summed E-state index contributed by atoms with van der Waals surface area (Å²) >= 11 is 5.85. The molecular formula is C19H20ClNO3. The lowest BCUT2D eigenvalue weighted by Gasteiger charge is -2.28. The molecule has 0 bridgehead atoms. The van der Waals surface area contributed by atoms with Gasteiger partial charge in [-0.1, -0.05) is 29.3 Å². The first-order valence-electron chi connectivity index (χ1n) is 7.99. The summed E-state index contributed by atoms with van der Waals surface area (Å²) in [5.41, 5.74) is 2.16. The minimum Gasteiger partial charge on any atom is -0.493 e. The molecule has 0 aliphatic carbocycles. The molecule has 1 N–H and O–H groups in total. The Hall–Kier alpha value is -2.20. The Balaban J connectivity index is 1.67. The largest absolute Gasteiger partial charge is 0.493 e. The first-order valence-corrected chi connectivity index (χ1v) is 8.36. The number of halogens is 1. The van der Waals surface area contributed by atoms with E-state index in [1.165, 1.54) is 0 Å². The molecule has 2 aromatic rings. The van der Waals surface area contributed by atoms with E-state index in [1.54, 1.807) is 31.2 Å². The van der Waals surface area contributed by atoms with Crippen molar-refractivity contribution in [3.63, 3.8) is 0 Å². The van der Waals surface area contributed by atoms with Crippen LogP contribution in [0.1, 0.15) is 30.5 Å². The number of nitrogens with one attached hydrogen (secondary N) is 1. The van der Waals surface area contributed by atoms with Gasteiger partial charge in [-0.15, -0.1) is 0 Å². The van der Waals surface area contributed by atoms with Gasteiger partial charge in [0.25, 0.3) is 5.91 Å². The molecule has 1 amide bonds. The number of benzene rings is 2. The van der Waals surface area contributed by atoms with Crippen LogP contribution in [0.15, 0.2) is 42.5 Å². The summed E-state index contributed by atoms with van der Waals surface area (Å²) in [4.78, 5) is 12.5. The maximum Gasteiger partial charge on any atom is 0.261 e. The molecule has 0 aromatic heterocycles. The van der Waals surface area contributed by atoms with Crippen molar-refractivity contribution in [2.24, 2.45) is 0 Å². The number of carbonyl (C=O) groups excluding carboxylic acids is 1. The van der Waals surface area contributed by atoms with E-state index in [2.05, 4.69) is 11.4 Å². The molecule has 3 rings (SSSR count). The van der Waals surface area contributed by atoms with Crippen molar-refractivity contribution < 1.29 is 14.3 Å². The van der Waals surface area contributed by atoms with Crippen molar-refractivity contribution in [3.8, 4) is 11.5 Å². The molecule has 4 nitrogen and oxygen atoms in total. The van der Waals surface area contributed by atoms with Crippen molar-refractivity contribution in [1.82, 2.24) is 5.32 Å². The number of rotatable bonds is 4. The highest BCUT2D eigenvalue weighted by Gasteiger charge is 2.25. The lowest BCUT2D eigenvalue weighted by molar-refractivity contribution is -0.128. The van der Waals surface area contributed by atoms with Crippen LogP contribution in [-0.2, 0) is 4.79 Å². The Morgan fingerprint density at radius 2 is 2.04 bits per heavy atom. The summed E-state index contributed by atoms with van der Waals surface area (Å²) in [6.07, 6.45) is 0.151. The van der Waals surface area contributed by atoms with Gasteiger partial charge >= 0.3 is 0 Å². The Labute approximate surface area is 146 Å². The van der Waals surface area contributed by atoms with Crippen LogP contribution in [-0.4, -0.2) is 18.6 Å². The highest BCUT2D eigenvalue weighted by Crippen LogP contribution is 2.32. The van der Waals surface area contributed by atoms with Crippen LogP contribution >= 0.6 is 11.6 Å². The third-order valence-corrected chi connectivity index (χ3v) is 4.27. The van der Waals surface area contributed by atoms with Crippen molar-refractivity contribution in [2.75, 3.05) is 6.61 Å². The maximum atomic E-state index is 12.5. The summed E-state index contributed by atoms with van der Waals surface area (Å²) in [7, 11) is 0. The van der Waals surface area contributed by atoms with Gasteiger partial charge in [-0.2, -0.15) is 0 Å². The molecule has 1 heterocycles. The van der Waals surface area contributed by atoms with Crippen LogP contribution in [0.2, 0.25) is 5.02 Å². The number of amides is 1. The van der Waals surface area contributed by atoms with Crippen LogP contribution in [0, 0.1) is 6.92 Å². The van der Waals surface area contributed by atoms with Crippen molar-refractivity contribution in [2.45, 2.75) is 32.4 Å². The highest BCUT2D eigenvalue weighted by molar-refractivity contribution is 6.30. The summed E-state index contributed by atoms with van der Waals surface area (Å²) < 4.78 is 11.3. The van der Waals surface area contributed by atoms with E-state index in [0.29, 0.717) is 17.4 Å². The van der Waals surface area contributed by atoms with Gasteiger partial charge < -0.3 is 14.8 Å². The van der Waals surface area contributed by atoms with E-state index in [-0.39, 0.29) is 11.9 Å². The molecule has 0 radical (unpaired) electrons. The zero-order chi connectivity index (χ0) is 17.1. The Kier molecular flexibility index (Phi) is 4.95. The first kappa shape index (κ1) is 16.7. The van der Waals surface area contributed by atoms with Gasteiger partial charge in [0.05, 0.1) is 12.6 Å². The number of fused-ring (bicyclic) bond motifs is 1. The average Bonchev–Trinajstić information content (AvgIpc) is 2.57. The maximum absolute atomic E-state index is 12.5. The molecule has 2 aromatic carbocycles. The van der Waals surface area contributed by atoms with Crippen molar-refractivity contribution in [3.05, 3.63) is 58.6 Å². The topological polar surface area (TPSA) is 47.6 Å². The lowest BCUT2D eigenvalue weighted by Crippen LogP contribution is -2.40. The van der Waals surface area contributed by atoms with E-state index in [4.69, 9.17) is 21.1 Å². The Morgan fingerprint density at radius 3 is 2.79 bits per heavy atom. The standard InChI is InChI=1S/C19H20ClNO3/c1-12-3-8-18-16(11-12)17(9-10-23-18)21-19(22)13(2)24-15-6-4-14(20)5-7-15/h3-8,11,13,17H,9-10H2,1-2H3,(H,21,22). The monoisotopic (exact) mass is 345 g/mol. The second-order valence-electron chi connectivity index (χ2n) is 5.95. The van der Waals surface area contributed by atoms with E-state index >= 15 is 0 Å². The molecule has 126 valence electrons. The van der Waals surface area contributed by atoms with Crippen molar-refractivity contribution in [1.29, 1.82) is 0 Å². The molecule has 0 saturated carbocycles. The van der Waals surface area contributed by atoms with Gasteiger partial charge in [0, 0.05) is 17.0 Å². The zero-order valence-corrected chi connectivity index (χ0v) is 14.5. The molecule has 2 atom stereocenters. The number of hydrogen-bond acceptors (Lipinski definition) is 3. The van der Waals surface area contributed by atoms with E-state index in [0.717, 1.165) is 23.3 Å². The van der Waals surface area contributed by atoms with Gasteiger partial charge in [0.1, 0.15) is 11.5 Å². The fourth-order valence-corrected chi connectivity index (χ4v) is 2.85. The number of carbonyl (C=O) groups is 1. The SMILES string of the molecule is Cc1ccc2c(c1)C(NC(=O)C(C)Oc1ccc(Cl)cc1)CCO2. The molecule has 1 aliphatic rings. The second-order valence-corrected chi connectivity index (χ2v) is 6.39. The van der Waals surface area contributed by atoms with Crippen LogP contribution in [0.3, 0.4) is 0 Å². The molecule has 1 aliphatic heterocycles. The average molecular weight is 346 g/mol. The Bertz CT molecular complexity index is 730. The molecule has 0 fully saturated rings. The van der Waals surface area contributed by atoms with Gasteiger partial charge in [0.15, 0.2) is 6.10 Å². The highest BCUT2D eigenvalue weighted by atomic mass is 35.5. The van der Waals surface area contributed by atoms with Crippen LogP contribution in [0.25, 0.3) is 0 Å². The van der Waals surface area contributed by atoms with Crippen LogP contribution in [0.4, 0.5) is 0 Å². The molecular weight excluding hydrogens is 326 g/mol. The quantitative estimate of drug-likeness (QED) is 0.909. The molecule has 0 spiro atoms. The smallest absolute Gasteiger partial charge is 0.261 e. The van der Waals surface area contributed by atoms with E-state index in [1.807, 2.05) is 19.1 Å². The number of ether oxygens (including phenoxy) is 2. The molecule has 24 heavy (non-hydrogen) atoms. The molecule has 2 unspecified atom stereocenters. The third kappa shape index (κ3) is 3.82. The summed E-state index contributed by atoms with van der Waals surface area (Å²) in [5, 5.41) is 3.70. The summed E-state index contributed by atoms with van der Waals surface area (Å²) in [6.45, 7) is 4.36. The first-order chi connectivity index (χ1) is 11.5. The van der Waals surface area contributed by atoms with Gasteiger partial charge in [-0.3, -0.25) is 4.79 Å². The van der Waals surface area contributed by atoms with Gasteiger partial charge in [0.2, 0.25) is 0 Å². The molecule has 5 heteroatoms. The normalized spacial score (nSPS) is 17.4. The second kappa shape index (κ2) is 7.14. The summed E-state index contributed by atoms with van der Waals surface area (Å²) in [5.74, 6) is 1.30. The van der Waals surface area contributed by atoms with E-state index < -0.39 is 6.10 Å². The minimum absolute atomic E-state index is 0.0579. The van der Waals surface area contributed by atoms with Crippen LogP contribution < -0.4 is 14.8 Å². The van der Waals surface area contributed by atoms with Crippen LogP contribution in [0.5, 0.6) is 11.5 Å². The number of aryl methyl sites for hydroxylation is 1. The fraction of sp³-hybridized carbons (Fsp3) is 0.316. The molecule has 0 saturated heterocycles. The summed E-state index contributed by atoms with van der Waals surface area (Å²) in [6, 6.07) is 12.9. The third-order valence-electron chi connectivity index (χ3n) is 4.02. The zero-order valence-electron chi connectivity index (χ0n) is 13.7.